The first-order valence-corrected chi connectivity index (χ1v) is 10.3. The molecule has 0 saturated carbocycles. The van der Waals surface area contributed by atoms with Crippen LogP contribution in [0.15, 0.2) is 59.5 Å². The van der Waals surface area contributed by atoms with Crippen molar-refractivity contribution in [1.29, 1.82) is 0 Å². The van der Waals surface area contributed by atoms with E-state index in [0.717, 1.165) is 12.8 Å². The third-order valence-electron chi connectivity index (χ3n) is 4.33. The fraction of sp³-hybridized carbons (Fsp3) is 0.350. The van der Waals surface area contributed by atoms with Gasteiger partial charge in [0.25, 0.3) is 15.9 Å². The molecule has 6 heteroatoms. The lowest BCUT2D eigenvalue weighted by atomic mass is 10.2. The lowest BCUT2D eigenvalue weighted by Crippen LogP contribution is -2.31. The van der Waals surface area contributed by atoms with Crippen LogP contribution in [0.4, 0.5) is 5.69 Å². The molecule has 0 unspecified atom stereocenters. The molecule has 0 bridgehead atoms. The molecule has 2 rings (SSSR count). The first-order valence-electron chi connectivity index (χ1n) is 8.85. The van der Waals surface area contributed by atoms with E-state index in [2.05, 4.69) is 6.92 Å². The summed E-state index contributed by atoms with van der Waals surface area (Å²) in [6.07, 6.45) is 1.97. The van der Waals surface area contributed by atoms with Crippen LogP contribution in [-0.4, -0.2) is 39.4 Å². The van der Waals surface area contributed by atoms with Gasteiger partial charge in [-0.2, -0.15) is 0 Å². The van der Waals surface area contributed by atoms with E-state index in [-0.39, 0.29) is 10.8 Å². The molecule has 0 aromatic heterocycles. The van der Waals surface area contributed by atoms with Crippen LogP contribution in [0.5, 0.6) is 0 Å². The normalized spacial score (nSPS) is 11.2. The van der Waals surface area contributed by atoms with E-state index in [1.807, 2.05) is 13.0 Å². The molecule has 0 N–H and O–H groups in total. The molecule has 0 saturated heterocycles. The molecule has 0 aliphatic heterocycles. The van der Waals surface area contributed by atoms with Crippen LogP contribution in [0.1, 0.15) is 37.0 Å². The Morgan fingerprint density at radius 2 is 1.58 bits per heavy atom. The number of sulfonamides is 1. The SMILES string of the molecule is CCCCN(CC)C(=O)c1ccc(S(=O)(=O)N(C)c2ccccc2)cc1. The maximum atomic E-state index is 12.8. The number of carbonyl (C=O) groups is 1. The number of para-hydroxylation sites is 1. The van der Waals surface area contributed by atoms with Crippen LogP contribution < -0.4 is 4.31 Å². The highest BCUT2D eigenvalue weighted by atomic mass is 32.2. The molecule has 0 heterocycles. The van der Waals surface area contributed by atoms with Crippen LogP contribution in [0.25, 0.3) is 0 Å². The summed E-state index contributed by atoms with van der Waals surface area (Å²) >= 11 is 0. The molecule has 2 aromatic rings. The van der Waals surface area contributed by atoms with E-state index in [0.29, 0.717) is 24.3 Å². The van der Waals surface area contributed by atoms with Gasteiger partial charge in [-0.1, -0.05) is 31.5 Å². The van der Waals surface area contributed by atoms with Gasteiger partial charge < -0.3 is 4.90 Å². The Bertz CT molecular complexity index is 818. The maximum Gasteiger partial charge on any atom is 0.264 e. The van der Waals surface area contributed by atoms with Gasteiger partial charge in [0.15, 0.2) is 0 Å². The quantitative estimate of drug-likeness (QED) is 0.707. The standard InChI is InChI=1S/C20H26N2O3S/c1-4-6-16-22(5-2)20(23)17-12-14-19(15-13-17)26(24,25)21(3)18-10-8-7-9-11-18/h7-15H,4-6,16H2,1-3H3. The van der Waals surface area contributed by atoms with Crippen molar-refractivity contribution in [3.8, 4) is 0 Å². The van der Waals surface area contributed by atoms with Gasteiger partial charge in [0.1, 0.15) is 0 Å². The number of nitrogens with zero attached hydrogens (tertiary/aromatic N) is 2. The highest BCUT2D eigenvalue weighted by molar-refractivity contribution is 7.92. The van der Waals surface area contributed by atoms with E-state index in [1.165, 1.54) is 23.5 Å². The molecule has 0 atom stereocenters. The number of carbonyl (C=O) groups excluding carboxylic acids is 1. The van der Waals surface area contributed by atoms with Crippen LogP contribution in [0, 0.1) is 0 Å². The second-order valence-corrected chi connectivity index (χ2v) is 8.04. The summed E-state index contributed by atoms with van der Waals surface area (Å²) in [6, 6.07) is 15.1. The Morgan fingerprint density at radius 3 is 2.12 bits per heavy atom. The predicted octanol–water partition coefficient (Wildman–Crippen LogP) is 3.77. The third kappa shape index (κ3) is 4.43. The zero-order valence-electron chi connectivity index (χ0n) is 15.6. The number of anilines is 1. The first-order chi connectivity index (χ1) is 12.4. The number of benzene rings is 2. The molecule has 1 amide bonds. The Balaban J connectivity index is 2.21. The Hall–Kier alpha value is -2.34. The Morgan fingerprint density at radius 1 is 0.962 bits per heavy atom. The predicted molar refractivity (Wildman–Crippen MR) is 105 cm³/mol. The molecular weight excluding hydrogens is 348 g/mol. The highest BCUT2D eigenvalue weighted by Crippen LogP contribution is 2.22. The Labute approximate surface area is 156 Å². The van der Waals surface area contributed by atoms with E-state index < -0.39 is 10.0 Å². The third-order valence-corrected chi connectivity index (χ3v) is 6.13. The monoisotopic (exact) mass is 374 g/mol. The van der Waals surface area contributed by atoms with Gasteiger partial charge in [-0.15, -0.1) is 0 Å². The minimum absolute atomic E-state index is 0.0682. The largest absolute Gasteiger partial charge is 0.339 e. The van der Waals surface area contributed by atoms with Crippen molar-refractivity contribution in [3.63, 3.8) is 0 Å². The van der Waals surface area contributed by atoms with Gasteiger partial charge in [0.2, 0.25) is 0 Å². The zero-order chi connectivity index (χ0) is 19.2. The fourth-order valence-corrected chi connectivity index (χ4v) is 3.83. The lowest BCUT2D eigenvalue weighted by molar-refractivity contribution is 0.0762. The fourth-order valence-electron chi connectivity index (χ4n) is 2.64. The average Bonchev–Trinajstić information content (AvgIpc) is 2.68. The summed E-state index contributed by atoms with van der Waals surface area (Å²) in [7, 11) is -2.14. The lowest BCUT2D eigenvalue weighted by Gasteiger charge is -2.21. The minimum Gasteiger partial charge on any atom is -0.339 e. The molecule has 5 nitrogen and oxygen atoms in total. The molecular formula is C20H26N2O3S. The van der Waals surface area contributed by atoms with Crippen molar-refractivity contribution in [1.82, 2.24) is 4.90 Å². The summed E-state index contributed by atoms with van der Waals surface area (Å²) in [4.78, 5) is 14.5. The van der Waals surface area contributed by atoms with Gasteiger partial charge in [0.05, 0.1) is 10.6 Å². The minimum atomic E-state index is -3.67. The van der Waals surface area contributed by atoms with Gasteiger partial charge in [-0.3, -0.25) is 9.10 Å². The van der Waals surface area contributed by atoms with Gasteiger partial charge in [-0.25, -0.2) is 8.42 Å². The number of unbranched alkanes of at least 4 members (excludes halogenated alkanes) is 1. The van der Waals surface area contributed by atoms with E-state index in [9.17, 15) is 13.2 Å². The highest BCUT2D eigenvalue weighted by Gasteiger charge is 2.22. The smallest absolute Gasteiger partial charge is 0.264 e. The van der Waals surface area contributed by atoms with Crippen molar-refractivity contribution >= 4 is 21.6 Å². The summed E-state index contributed by atoms with van der Waals surface area (Å²) in [5.41, 5.74) is 1.09. The molecule has 0 aliphatic rings. The van der Waals surface area contributed by atoms with E-state index in [1.54, 1.807) is 41.3 Å². The second kappa shape index (κ2) is 8.85. The molecule has 0 spiro atoms. The number of hydrogen-bond donors (Lipinski definition) is 0. The summed E-state index contributed by atoms with van der Waals surface area (Å²) in [5, 5.41) is 0. The molecule has 140 valence electrons. The summed E-state index contributed by atoms with van der Waals surface area (Å²) < 4.78 is 26.8. The maximum absolute atomic E-state index is 12.8. The molecule has 0 fully saturated rings. The topological polar surface area (TPSA) is 57.7 Å². The van der Waals surface area contributed by atoms with Crippen LogP contribution >= 0.6 is 0 Å². The van der Waals surface area contributed by atoms with Crippen molar-refractivity contribution < 1.29 is 13.2 Å². The van der Waals surface area contributed by atoms with Crippen molar-refractivity contribution in [2.45, 2.75) is 31.6 Å². The van der Waals surface area contributed by atoms with Gasteiger partial charge in [-0.05, 0) is 49.7 Å². The first kappa shape index (κ1) is 20.0. The number of hydrogen-bond acceptors (Lipinski definition) is 3. The van der Waals surface area contributed by atoms with Gasteiger partial charge in [0, 0.05) is 25.7 Å². The van der Waals surface area contributed by atoms with Crippen molar-refractivity contribution in [2.75, 3.05) is 24.4 Å². The number of rotatable bonds is 8. The molecule has 0 radical (unpaired) electrons. The average molecular weight is 375 g/mol. The zero-order valence-corrected chi connectivity index (χ0v) is 16.4. The van der Waals surface area contributed by atoms with Gasteiger partial charge >= 0.3 is 0 Å². The van der Waals surface area contributed by atoms with Crippen molar-refractivity contribution in [3.05, 3.63) is 60.2 Å². The number of amides is 1. The summed E-state index contributed by atoms with van der Waals surface area (Å²) in [5.74, 6) is -0.0682. The Kier molecular flexibility index (Phi) is 6.80. The molecule has 2 aromatic carbocycles. The molecule has 26 heavy (non-hydrogen) atoms. The summed E-state index contributed by atoms with van der Waals surface area (Å²) in [6.45, 7) is 5.38. The van der Waals surface area contributed by atoms with Crippen LogP contribution in [0.3, 0.4) is 0 Å². The molecule has 0 aliphatic carbocycles. The second-order valence-electron chi connectivity index (χ2n) is 6.07. The van der Waals surface area contributed by atoms with E-state index >= 15 is 0 Å². The van der Waals surface area contributed by atoms with Crippen LogP contribution in [-0.2, 0) is 10.0 Å². The van der Waals surface area contributed by atoms with Crippen LogP contribution in [0.2, 0.25) is 0 Å². The van der Waals surface area contributed by atoms with E-state index in [4.69, 9.17) is 0 Å². The van der Waals surface area contributed by atoms with Crippen molar-refractivity contribution in [2.24, 2.45) is 0 Å².